The summed E-state index contributed by atoms with van der Waals surface area (Å²) in [7, 11) is 0. The number of benzene rings is 2. The molecule has 2 aliphatic rings. The Hall–Kier alpha value is -4.14. The average molecular weight is 515 g/mol. The number of nitrogens with one attached hydrogen (secondary N) is 4. The number of rotatable bonds is 6. The Labute approximate surface area is 221 Å². The molecule has 4 aromatic rings. The fraction of sp³-hybridized carbons (Fsp3) is 0.379. The summed E-state index contributed by atoms with van der Waals surface area (Å²) in [5.74, 6) is -0.415. The molecule has 2 unspecified atom stereocenters. The number of piperidine rings is 1. The van der Waals surface area contributed by atoms with Crippen LogP contribution in [-0.2, 0) is 4.79 Å². The quantitative estimate of drug-likeness (QED) is 0.312. The maximum absolute atomic E-state index is 13.5. The maximum atomic E-state index is 13.5. The molecule has 1 saturated heterocycles. The summed E-state index contributed by atoms with van der Waals surface area (Å²) < 4.78 is 0. The van der Waals surface area contributed by atoms with E-state index in [1.54, 1.807) is 13.0 Å². The molecule has 1 aliphatic heterocycles. The standard InChI is InChI=1S/C27H28N6O3.C2H6/c1-15(29-25(35)21-11-16-7-3-5-9-19(16)30-21)24(34)28-13-22-18-12-27(18,2)14-33(22)26(36)23-17-8-4-6-10-20(17)31-32-23;1-2/h3-11,15,18,22,30H,12-14H2,1-2H3,(H,28,34)(H,29,35)(H,31,32);1-2H3/t15-,18?,22?,27-;/m0./s1. The summed E-state index contributed by atoms with van der Waals surface area (Å²) >= 11 is 0. The lowest BCUT2D eigenvalue weighted by Crippen LogP contribution is -2.50. The molecule has 0 bridgehead atoms. The van der Waals surface area contributed by atoms with Gasteiger partial charge >= 0.3 is 0 Å². The molecule has 3 heterocycles. The molecule has 0 radical (unpaired) electrons. The van der Waals surface area contributed by atoms with Crippen molar-refractivity contribution < 1.29 is 14.4 Å². The van der Waals surface area contributed by atoms with Crippen LogP contribution in [0.1, 0.15) is 55.1 Å². The van der Waals surface area contributed by atoms with Crippen LogP contribution in [-0.4, -0.2) is 63.0 Å². The molecule has 6 rings (SSSR count). The minimum Gasteiger partial charge on any atom is -0.352 e. The minimum absolute atomic E-state index is 0.0760. The van der Waals surface area contributed by atoms with E-state index in [0.717, 1.165) is 28.2 Å². The normalized spacial score (nSPS) is 22.4. The summed E-state index contributed by atoms with van der Waals surface area (Å²) in [5, 5.41) is 14.7. The largest absolute Gasteiger partial charge is 0.352 e. The van der Waals surface area contributed by atoms with E-state index < -0.39 is 6.04 Å². The fourth-order valence-corrected chi connectivity index (χ4v) is 5.58. The summed E-state index contributed by atoms with van der Waals surface area (Å²) in [6.45, 7) is 8.82. The topological polar surface area (TPSA) is 123 Å². The van der Waals surface area contributed by atoms with E-state index >= 15 is 0 Å². The van der Waals surface area contributed by atoms with E-state index in [0.29, 0.717) is 30.4 Å². The summed E-state index contributed by atoms with van der Waals surface area (Å²) in [6, 6.07) is 16.1. The molecular formula is C29H34N6O3. The number of carbonyl (C=O) groups excluding carboxylic acids is 3. The average Bonchev–Trinajstić information content (AvgIpc) is 3.29. The Morgan fingerprint density at radius 2 is 1.82 bits per heavy atom. The number of fused-ring (bicyclic) bond motifs is 3. The molecule has 1 saturated carbocycles. The third-order valence-corrected chi connectivity index (χ3v) is 7.75. The van der Waals surface area contributed by atoms with Crippen LogP contribution in [0.3, 0.4) is 0 Å². The highest BCUT2D eigenvalue weighted by Crippen LogP contribution is 2.60. The number of aromatic nitrogens is 3. The zero-order valence-corrected chi connectivity index (χ0v) is 22.2. The molecule has 2 aromatic carbocycles. The van der Waals surface area contributed by atoms with E-state index in [9.17, 15) is 14.4 Å². The number of aromatic amines is 2. The number of amides is 3. The monoisotopic (exact) mass is 514 g/mol. The van der Waals surface area contributed by atoms with Gasteiger partial charge in [0.05, 0.1) is 11.6 Å². The molecule has 2 aromatic heterocycles. The van der Waals surface area contributed by atoms with Gasteiger partial charge in [-0.3, -0.25) is 19.5 Å². The molecule has 0 spiro atoms. The second-order valence-corrected chi connectivity index (χ2v) is 10.3. The molecule has 4 atom stereocenters. The molecule has 1 aliphatic carbocycles. The number of H-pyrrole nitrogens is 2. The van der Waals surface area contributed by atoms with Gasteiger partial charge in [0.25, 0.3) is 11.8 Å². The van der Waals surface area contributed by atoms with Crippen LogP contribution in [0.5, 0.6) is 0 Å². The molecule has 9 nitrogen and oxygen atoms in total. The second kappa shape index (κ2) is 9.96. The van der Waals surface area contributed by atoms with Gasteiger partial charge in [0, 0.05) is 29.4 Å². The molecule has 3 amide bonds. The Morgan fingerprint density at radius 1 is 1.11 bits per heavy atom. The van der Waals surface area contributed by atoms with E-state index in [-0.39, 0.29) is 29.2 Å². The van der Waals surface area contributed by atoms with Crippen molar-refractivity contribution in [2.75, 3.05) is 13.1 Å². The molecule has 2 fully saturated rings. The van der Waals surface area contributed by atoms with E-state index in [1.807, 2.05) is 67.3 Å². The van der Waals surface area contributed by atoms with Crippen LogP contribution in [0.25, 0.3) is 21.8 Å². The van der Waals surface area contributed by atoms with Crippen LogP contribution in [0, 0.1) is 11.3 Å². The molecule has 4 N–H and O–H groups in total. The van der Waals surface area contributed by atoms with Crippen molar-refractivity contribution in [1.29, 1.82) is 0 Å². The lowest BCUT2D eigenvalue weighted by Gasteiger charge is -2.28. The van der Waals surface area contributed by atoms with Crippen molar-refractivity contribution in [2.24, 2.45) is 11.3 Å². The van der Waals surface area contributed by atoms with Crippen molar-refractivity contribution in [1.82, 2.24) is 30.7 Å². The number of likely N-dealkylation sites (tertiary alicyclic amines) is 1. The smallest absolute Gasteiger partial charge is 0.275 e. The lowest BCUT2D eigenvalue weighted by atomic mass is 10.1. The van der Waals surface area contributed by atoms with Gasteiger partial charge in [0.2, 0.25) is 5.91 Å². The van der Waals surface area contributed by atoms with Crippen LogP contribution in [0.2, 0.25) is 0 Å². The van der Waals surface area contributed by atoms with Crippen molar-refractivity contribution in [3.05, 3.63) is 66.0 Å². The highest BCUT2D eigenvalue weighted by Gasteiger charge is 2.62. The van der Waals surface area contributed by atoms with E-state index in [4.69, 9.17) is 0 Å². The molecular weight excluding hydrogens is 480 g/mol. The Bertz CT molecular complexity index is 1470. The third kappa shape index (κ3) is 4.53. The summed E-state index contributed by atoms with van der Waals surface area (Å²) in [6.07, 6.45) is 1.03. The van der Waals surface area contributed by atoms with Gasteiger partial charge in [-0.1, -0.05) is 57.2 Å². The van der Waals surface area contributed by atoms with Gasteiger partial charge in [-0.25, -0.2) is 0 Å². The number of carbonyl (C=O) groups is 3. The maximum Gasteiger partial charge on any atom is 0.275 e. The van der Waals surface area contributed by atoms with Crippen molar-refractivity contribution in [2.45, 2.75) is 46.2 Å². The fourth-order valence-electron chi connectivity index (χ4n) is 5.58. The van der Waals surface area contributed by atoms with Crippen molar-refractivity contribution >= 4 is 39.5 Å². The predicted octanol–water partition coefficient (Wildman–Crippen LogP) is 3.86. The Balaban J connectivity index is 0.00000144. The van der Waals surface area contributed by atoms with Crippen molar-refractivity contribution in [3.8, 4) is 0 Å². The zero-order chi connectivity index (χ0) is 27.0. The van der Waals surface area contributed by atoms with E-state index in [2.05, 4.69) is 32.7 Å². The van der Waals surface area contributed by atoms with Gasteiger partial charge in [0.1, 0.15) is 11.7 Å². The number of nitrogens with zero attached hydrogens (tertiary/aromatic N) is 2. The zero-order valence-electron chi connectivity index (χ0n) is 22.2. The number of hydrogen-bond acceptors (Lipinski definition) is 4. The van der Waals surface area contributed by atoms with Gasteiger partial charge in [-0.2, -0.15) is 5.10 Å². The first kappa shape index (κ1) is 25.5. The van der Waals surface area contributed by atoms with Gasteiger partial charge in [-0.05, 0) is 42.9 Å². The summed E-state index contributed by atoms with van der Waals surface area (Å²) in [5.41, 5.74) is 2.57. The van der Waals surface area contributed by atoms with Crippen LogP contribution in [0.15, 0.2) is 54.6 Å². The van der Waals surface area contributed by atoms with Gasteiger partial charge < -0.3 is 20.5 Å². The third-order valence-electron chi connectivity index (χ3n) is 7.75. The van der Waals surface area contributed by atoms with Crippen molar-refractivity contribution in [3.63, 3.8) is 0 Å². The second-order valence-electron chi connectivity index (χ2n) is 10.3. The molecule has 38 heavy (non-hydrogen) atoms. The number of hydrogen-bond donors (Lipinski definition) is 4. The summed E-state index contributed by atoms with van der Waals surface area (Å²) in [4.78, 5) is 43.9. The highest BCUT2D eigenvalue weighted by molar-refractivity contribution is 6.05. The lowest BCUT2D eigenvalue weighted by molar-refractivity contribution is -0.122. The minimum atomic E-state index is -0.727. The Morgan fingerprint density at radius 3 is 2.58 bits per heavy atom. The van der Waals surface area contributed by atoms with E-state index in [1.165, 1.54) is 0 Å². The van der Waals surface area contributed by atoms with Gasteiger partial charge in [-0.15, -0.1) is 0 Å². The van der Waals surface area contributed by atoms with Crippen LogP contribution >= 0.6 is 0 Å². The SMILES string of the molecule is CC.C[C@H](NC(=O)c1cc2ccccc2[nH]1)C(=O)NCC1C2C[C@@]2(C)CN1C(=O)c1n[nH]c2ccccc12. The highest BCUT2D eigenvalue weighted by atomic mass is 16.2. The van der Waals surface area contributed by atoms with Crippen LogP contribution < -0.4 is 10.6 Å². The molecule has 198 valence electrons. The predicted molar refractivity (Wildman–Crippen MR) is 147 cm³/mol. The van der Waals surface area contributed by atoms with Gasteiger partial charge in [0.15, 0.2) is 5.69 Å². The first-order valence-corrected chi connectivity index (χ1v) is 13.2. The van der Waals surface area contributed by atoms with Crippen LogP contribution in [0.4, 0.5) is 0 Å². The first-order chi connectivity index (χ1) is 18.3. The Kier molecular flexibility index (Phi) is 6.69. The molecule has 9 heteroatoms. The first-order valence-electron chi connectivity index (χ1n) is 13.2. The number of para-hydroxylation sites is 2.